The smallest absolute Gasteiger partial charge is 0.260 e. The second-order valence-corrected chi connectivity index (χ2v) is 39.3. The van der Waals surface area contributed by atoms with Crippen molar-refractivity contribution in [2.24, 2.45) is 36.4 Å². The number of aliphatic hydroxyl groups is 3. The quantitative estimate of drug-likeness (QED) is 0.0201. The molecule has 0 aromatic carbocycles. The van der Waals surface area contributed by atoms with Gasteiger partial charge in [0.05, 0.1) is 145 Å². The van der Waals surface area contributed by atoms with E-state index in [1.54, 1.807) is 47.7 Å². The highest BCUT2D eigenvalue weighted by atomic mass is 35.5. The molecular weight excluding hydrogens is 1820 g/mol. The number of hydrogen-bond donors (Lipinski definition) is 5. The molecule has 10 aliphatic rings. The van der Waals surface area contributed by atoms with E-state index in [-0.39, 0.29) is 56.7 Å². The van der Waals surface area contributed by atoms with E-state index in [9.17, 15) is 39.3 Å². The standard InChI is InChI=1S/C22H26N4O3.C21H23ClN4O3.2C21H25N5O2.C21H24N4O3/c1-16-19(27)10-9-17(21(16)28)23-20-18-8-4-5-11-25(18)24-22(20)29-15-14-26(2)12-6-3-7-13-26;1-26(9-5-2-6-10-26)11-12-29-21-20(17-7-3-4-8-25(17)24-21)23-16-13-15(22)18(27)14-19(16)28;1-26(11-5-2-6-12-26)13-14-28-21-20(19-7-3-4-10-25(19)24-21)23-18-9-8-16(27)15-17(18)22;1-26(11-5-2-6-12-26)13-14-28-21-20(18-7-3-4-10-25(18)24-21)23-17-9-8-16(22)15-19(17)27;1-25(11-5-2-6-12-25)13-14-28-21-20(18-7-3-4-10-24(18)23-21)22-17-9-8-16(26)15-19(17)27/h4-5,8-11H,3,6-7,12-15H2,1-2H3;3-4,7-8,13-14H,2,5-6,9-12H2,1H3;2*3-4,7-10,15H,2,5-6,11-14H2,1H3,(H-,22,27);3-4,7-10,15H,2,5-6,11-14H2,1H3/p+5. The summed E-state index contributed by atoms with van der Waals surface area (Å²) in [5, 5.41) is 52.7. The number of aliphatic imine (C=N–C) groups is 5. The average Bonchev–Trinajstić information content (AvgIpc) is 1.66. The molecule has 5 fully saturated rings. The van der Waals surface area contributed by atoms with Gasteiger partial charge in [-0.15, -0.1) is 25.5 Å². The molecule has 0 bridgehead atoms. The Morgan fingerprint density at radius 3 is 0.944 bits per heavy atom. The van der Waals surface area contributed by atoms with E-state index < -0.39 is 5.78 Å². The van der Waals surface area contributed by atoms with Gasteiger partial charge in [-0.05, 0) is 219 Å². The number of allylic oxidation sites excluding steroid dienone is 15. The number of carbonyl (C=O) groups excluding carboxylic acids is 5. The number of ketones is 5. The lowest BCUT2D eigenvalue weighted by Crippen LogP contribution is -2.50. The van der Waals surface area contributed by atoms with Crippen LogP contribution in [0.25, 0.3) is 27.6 Å². The highest BCUT2D eigenvalue weighted by Gasteiger charge is 2.34. The molecule has 10 aromatic heterocycles. The summed E-state index contributed by atoms with van der Waals surface area (Å²) in [4.78, 5) is 82.0. The summed E-state index contributed by atoms with van der Waals surface area (Å²) >= 11 is 5.97. The number of hydrogen-bond acceptors (Lipinski definition) is 25. The normalized spacial score (nSPS) is 20.6. The number of aromatic nitrogens is 10. The fraction of sp³-hybridized carbons (Fsp3) is 0.387. The Kier molecular flexibility index (Phi) is 32.2. The molecule has 0 saturated carbocycles. The maximum atomic E-state index is 12.2. The number of halogens is 1. The van der Waals surface area contributed by atoms with Gasteiger partial charge in [0.1, 0.15) is 106 Å². The van der Waals surface area contributed by atoms with Crippen LogP contribution in [0.3, 0.4) is 0 Å². The molecule has 5 saturated heterocycles. The number of likely N-dealkylation sites (tertiary alicyclic amines) is 5. The Balaban J connectivity index is 0.000000128. The maximum Gasteiger partial charge on any atom is 0.260 e. The lowest BCUT2D eigenvalue weighted by Gasteiger charge is -2.37. The summed E-state index contributed by atoms with van der Waals surface area (Å²) in [7, 11) is 11.4. The van der Waals surface area contributed by atoms with Crippen LogP contribution in [0.5, 0.6) is 29.4 Å². The van der Waals surface area contributed by atoms with E-state index in [2.05, 4.69) is 85.7 Å². The second kappa shape index (κ2) is 45.5. The molecule has 0 amide bonds. The zero-order valence-corrected chi connectivity index (χ0v) is 82.5. The molecule has 142 heavy (non-hydrogen) atoms. The number of piperidine rings is 5. The first-order chi connectivity index (χ1) is 68.5. The van der Waals surface area contributed by atoms with Crippen LogP contribution < -0.4 is 35.2 Å². The van der Waals surface area contributed by atoms with Crippen molar-refractivity contribution >= 4 is 125 Å². The molecule has 0 spiro atoms. The van der Waals surface area contributed by atoms with Crippen molar-refractivity contribution in [2.45, 2.75) is 103 Å². The number of nitrogens with two attached hydrogens (primary N) is 2. The third kappa shape index (κ3) is 25.3. The molecule has 7 N–H and O–H groups in total. The van der Waals surface area contributed by atoms with E-state index in [4.69, 9.17) is 46.8 Å². The minimum absolute atomic E-state index is 0.0739. The maximum absolute atomic E-state index is 12.2. The van der Waals surface area contributed by atoms with E-state index in [0.717, 1.165) is 108 Å². The largest absolute Gasteiger partial charge is 0.506 e. The van der Waals surface area contributed by atoms with Crippen LogP contribution >= 0.6 is 11.6 Å². The average molecular weight is 1950 g/mol. The minimum Gasteiger partial charge on any atom is -0.506 e. The minimum atomic E-state index is -0.417. The topological polar surface area (TPSA) is 393 Å². The Labute approximate surface area is 829 Å². The van der Waals surface area contributed by atoms with Crippen LogP contribution in [-0.2, 0) is 24.0 Å². The van der Waals surface area contributed by atoms with Gasteiger partial charge in [0.15, 0.2) is 45.8 Å². The third-order valence-corrected chi connectivity index (χ3v) is 28.0. The molecule has 0 atom stereocenters. The lowest BCUT2D eigenvalue weighted by molar-refractivity contribution is -0.914. The van der Waals surface area contributed by atoms with Gasteiger partial charge in [-0.1, -0.05) is 41.9 Å². The van der Waals surface area contributed by atoms with Crippen molar-refractivity contribution in [3.8, 4) is 29.4 Å². The van der Waals surface area contributed by atoms with Crippen LogP contribution in [-0.4, -0.2) is 310 Å². The van der Waals surface area contributed by atoms with Crippen LogP contribution in [0.2, 0.25) is 0 Å². The summed E-state index contributed by atoms with van der Waals surface area (Å²) < 4.78 is 44.0. The number of fused-ring (bicyclic) bond motifs is 5. The Hall–Kier alpha value is -14.4. The molecule has 5 aliphatic heterocycles. The number of rotatable bonds is 25. The first-order valence-electron chi connectivity index (χ1n) is 49.1. The van der Waals surface area contributed by atoms with Gasteiger partial charge < -0.3 is 72.9 Å². The number of likely N-dealkylation sites (N-methyl/N-ethyl adjacent to an activating group) is 5. The zero-order valence-electron chi connectivity index (χ0n) is 81.7. The SMILES string of the molecule is CC1=C(O)C(=Nc2c(OCC[N+]3(C)CCCCC3)nn3ccccc23)C=CC1=O.C[N+]1(CCOc2nn3ccccc3c2N=C2C=C(Cl)C(O)=CC2=O)CCCCC1.C[N+]1(CCOc2nn3ccccc3c2N=C2C=CC(=O)C=C2N)CCCCC1.C[N+]1(CCOc2nn3ccccc3c2N=C2C=CC(=O)C=C2O)CCCCC1.C[N+]1(CCOc2nn3ccccc3c2N=C2C=CC(N)=CC2=O)CCCCC1. The molecule has 36 heteroatoms. The van der Waals surface area contributed by atoms with Crippen molar-refractivity contribution in [2.75, 3.05) is 166 Å². The summed E-state index contributed by atoms with van der Waals surface area (Å²) in [6.07, 6.45) is 47.0. The van der Waals surface area contributed by atoms with Gasteiger partial charge >= 0.3 is 0 Å². The first kappa shape index (κ1) is 101. The first-order valence-corrected chi connectivity index (χ1v) is 49.5. The number of aliphatic hydroxyl groups excluding tert-OH is 3. The van der Waals surface area contributed by atoms with Gasteiger partial charge in [0.25, 0.3) is 29.4 Å². The zero-order chi connectivity index (χ0) is 99.6. The van der Waals surface area contributed by atoms with Crippen molar-refractivity contribution in [3.05, 3.63) is 240 Å². The Bertz CT molecular complexity index is 6730. The van der Waals surface area contributed by atoms with Crippen LogP contribution in [0.1, 0.15) is 103 Å². The molecule has 5 aliphatic carbocycles. The van der Waals surface area contributed by atoms with Crippen LogP contribution in [0, 0.1) is 0 Å². The van der Waals surface area contributed by atoms with Crippen molar-refractivity contribution in [1.82, 2.24) is 48.1 Å². The Morgan fingerprint density at radius 2 is 0.613 bits per heavy atom. The van der Waals surface area contributed by atoms with Crippen LogP contribution in [0.15, 0.2) is 265 Å². The molecule has 20 rings (SSSR count). The van der Waals surface area contributed by atoms with Gasteiger partial charge in [0.2, 0.25) is 11.6 Å². The number of quaternary nitrogens is 5. The van der Waals surface area contributed by atoms with E-state index in [1.165, 1.54) is 197 Å². The lowest BCUT2D eigenvalue weighted by atomic mass is 10.0. The van der Waals surface area contributed by atoms with Crippen molar-refractivity contribution in [1.29, 1.82) is 0 Å². The summed E-state index contributed by atoms with van der Waals surface area (Å²) in [5.74, 6) is 0.426. The third-order valence-electron chi connectivity index (χ3n) is 27.7. The highest BCUT2D eigenvalue weighted by molar-refractivity contribution is 6.52. The summed E-state index contributed by atoms with van der Waals surface area (Å²) in [6.45, 7) is 20.8. The second-order valence-electron chi connectivity index (χ2n) is 38.9. The number of carbonyl (C=O) groups is 5. The fourth-order valence-electron chi connectivity index (χ4n) is 19.0. The monoisotopic (exact) mass is 1950 g/mol. The van der Waals surface area contributed by atoms with Crippen molar-refractivity contribution in [3.63, 3.8) is 0 Å². The van der Waals surface area contributed by atoms with E-state index in [1.807, 2.05) is 122 Å². The predicted octanol–water partition coefficient (Wildman–Crippen LogP) is 14.7. The number of nitrogens with zero attached hydrogens (tertiary/aromatic N) is 20. The molecular formula is C106H128ClN22O13+5. The summed E-state index contributed by atoms with van der Waals surface area (Å²) in [6, 6.07) is 28.5. The molecule has 0 unspecified atom stereocenters. The van der Waals surface area contributed by atoms with E-state index >= 15 is 0 Å². The highest BCUT2D eigenvalue weighted by Crippen LogP contribution is 2.40. The van der Waals surface area contributed by atoms with E-state index in [0.29, 0.717) is 125 Å². The summed E-state index contributed by atoms with van der Waals surface area (Å²) in [5.41, 5.74) is 21.1. The Morgan fingerprint density at radius 1 is 0.324 bits per heavy atom. The van der Waals surface area contributed by atoms with Gasteiger partial charge in [-0.25, -0.2) is 47.5 Å². The molecule has 0 radical (unpaired) electrons. The van der Waals surface area contributed by atoms with Crippen molar-refractivity contribution < 1.29 is 85.4 Å². The van der Waals surface area contributed by atoms with Gasteiger partial charge in [-0.2, -0.15) is 0 Å². The van der Waals surface area contributed by atoms with Crippen LogP contribution in [0.4, 0.5) is 28.4 Å². The molecule has 15 heterocycles. The molecule has 742 valence electrons. The number of ether oxygens (including phenoxy) is 5. The fourth-order valence-corrected chi connectivity index (χ4v) is 19.1. The van der Waals surface area contributed by atoms with Gasteiger partial charge in [0, 0.05) is 66.6 Å². The van der Waals surface area contributed by atoms with Gasteiger partial charge in [-0.3, -0.25) is 24.0 Å². The number of pyridine rings is 5. The molecule has 10 aromatic rings. The molecule has 35 nitrogen and oxygen atoms in total. The predicted molar refractivity (Wildman–Crippen MR) is 549 cm³/mol.